The molecule has 0 aromatic heterocycles. The second kappa shape index (κ2) is 6.26. The number of esters is 1. The van der Waals surface area contributed by atoms with Crippen molar-refractivity contribution in [3.63, 3.8) is 0 Å². The van der Waals surface area contributed by atoms with Crippen molar-refractivity contribution in [2.24, 2.45) is 0 Å². The third-order valence-corrected chi connectivity index (χ3v) is 3.19. The summed E-state index contributed by atoms with van der Waals surface area (Å²) in [6.45, 7) is 1.60. The zero-order valence-corrected chi connectivity index (χ0v) is 12.6. The number of ether oxygens (including phenoxy) is 1. The first kappa shape index (κ1) is 15.5. The lowest BCUT2D eigenvalue weighted by molar-refractivity contribution is -0.385. The number of nitro benzene ring substituents is 1. The predicted octanol–water partition coefficient (Wildman–Crippen LogP) is 3.19. The number of anilines is 1. The number of hydrogen-bond donors (Lipinski definition) is 0. The van der Waals surface area contributed by atoms with Crippen LogP contribution in [0.5, 0.6) is 5.75 Å². The normalized spacial score (nSPS) is 10.1. The van der Waals surface area contributed by atoms with E-state index in [4.69, 9.17) is 4.74 Å². The van der Waals surface area contributed by atoms with Crippen molar-refractivity contribution in [1.29, 1.82) is 0 Å². The van der Waals surface area contributed by atoms with E-state index in [2.05, 4.69) is 0 Å². The summed E-state index contributed by atoms with van der Waals surface area (Å²) in [5, 5.41) is 10.8. The lowest BCUT2D eigenvalue weighted by Gasteiger charge is -2.12. The zero-order valence-electron chi connectivity index (χ0n) is 12.6. The third-order valence-electron chi connectivity index (χ3n) is 3.19. The summed E-state index contributed by atoms with van der Waals surface area (Å²) in [5.41, 5.74) is 1.83. The van der Waals surface area contributed by atoms with Crippen LogP contribution in [0.4, 0.5) is 11.4 Å². The molecule has 0 atom stereocenters. The lowest BCUT2D eigenvalue weighted by Crippen LogP contribution is -2.11. The number of benzene rings is 2. The van der Waals surface area contributed by atoms with Gasteiger partial charge in [-0.25, -0.2) is 4.79 Å². The largest absolute Gasteiger partial charge is 0.423 e. The first-order valence-corrected chi connectivity index (χ1v) is 6.63. The Kier molecular flexibility index (Phi) is 4.41. The molecule has 0 spiro atoms. The number of carbonyl (C=O) groups is 1. The van der Waals surface area contributed by atoms with Gasteiger partial charge in [0, 0.05) is 31.4 Å². The SMILES string of the molecule is Cc1cc(OC(=O)c2ccc(N(C)C)cc2)ccc1[N+](=O)[O-]. The molecule has 0 aliphatic heterocycles. The van der Waals surface area contributed by atoms with Crippen LogP contribution in [0, 0.1) is 17.0 Å². The van der Waals surface area contributed by atoms with E-state index in [1.807, 2.05) is 31.1 Å². The molecular formula is C16H16N2O4. The van der Waals surface area contributed by atoms with Gasteiger partial charge >= 0.3 is 5.97 Å². The highest BCUT2D eigenvalue weighted by Crippen LogP contribution is 2.24. The highest BCUT2D eigenvalue weighted by molar-refractivity contribution is 5.91. The summed E-state index contributed by atoms with van der Waals surface area (Å²) < 4.78 is 5.24. The standard InChI is InChI=1S/C16H16N2O4/c1-11-10-14(8-9-15(11)18(20)21)22-16(19)12-4-6-13(7-5-12)17(2)3/h4-10H,1-3H3. The van der Waals surface area contributed by atoms with Gasteiger partial charge in [-0.2, -0.15) is 0 Å². The van der Waals surface area contributed by atoms with Gasteiger partial charge in [-0.05, 0) is 43.3 Å². The third kappa shape index (κ3) is 3.41. The molecule has 0 radical (unpaired) electrons. The molecule has 6 nitrogen and oxygen atoms in total. The Labute approximate surface area is 128 Å². The van der Waals surface area contributed by atoms with Gasteiger partial charge in [-0.1, -0.05) is 0 Å². The molecule has 22 heavy (non-hydrogen) atoms. The van der Waals surface area contributed by atoms with Gasteiger partial charge in [-0.15, -0.1) is 0 Å². The smallest absolute Gasteiger partial charge is 0.343 e. The van der Waals surface area contributed by atoms with E-state index in [0.717, 1.165) is 5.69 Å². The van der Waals surface area contributed by atoms with Gasteiger partial charge < -0.3 is 9.64 Å². The van der Waals surface area contributed by atoms with Crippen LogP contribution in [0.3, 0.4) is 0 Å². The molecule has 0 bridgehead atoms. The van der Waals surface area contributed by atoms with Gasteiger partial charge in [0.15, 0.2) is 0 Å². The van der Waals surface area contributed by atoms with Crippen LogP contribution in [0.2, 0.25) is 0 Å². The second-order valence-electron chi connectivity index (χ2n) is 5.04. The van der Waals surface area contributed by atoms with Crippen LogP contribution < -0.4 is 9.64 Å². The number of nitro groups is 1. The Morgan fingerprint density at radius 1 is 1.14 bits per heavy atom. The van der Waals surface area contributed by atoms with E-state index in [9.17, 15) is 14.9 Å². The molecule has 0 aliphatic carbocycles. The molecule has 114 valence electrons. The van der Waals surface area contributed by atoms with E-state index in [1.165, 1.54) is 18.2 Å². The summed E-state index contributed by atoms with van der Waals surface area (Å²) in [7, 11) is 3.82. The average Bonchev–Trinajstić information content (AvgIpc) is 2.47. The maximum Gasteiger partial charge on any atom is 0.343 e. The van der Waals surface area contributed by atoms with Crippen molar-refractivity contribution in [2.75, 3.05) is 19.0 Å². The number of hydrogen-bond acceptors (Lipinski definition) is 5. The number of carbonyl (C=O) groups excluding carboxylic acids is 1. The van der Waals surface area contributed by atoms with Crippen molar-refractivity contribution < 1.29 is 14.5 Å². The molecule has 2 rings (SSSR count). The van der Waals surface area contributed by atoms with Crippen LogP contribution >= 0.6 is 0 Å². The molecule has 2 aromatic carbocycles. The van der Waals surface area contributed by atoms with Crippen molar-refractivity contribution >= 4 is 17.3 Å². The summed E-state index contributed by atoms with van der Waals surface area (Å²) in [5.74, 6) is -0.219. The monoisotopic (exact) mass is 300 g/mol. The molecule has 0 saturated heterocycles. The zero-order chi connectivity index (χ0) is 16.3. The van der Waals surface area contributed by atoms with Crippen LogP contribution in [-0.4, -0.2) is 25.0 Å². The fourth-order valence-corrected chi connectivity index (χ4v) is 1.96. The molecular weight excluding hydrogens is 284 g/mol. The van der Waals surface area contributed by atoms with E-state index < -0.39 is 10.9 Å². The van der Waals surface area contributed by atoms with E-state index >= 15 is 0 Å². The minimum atomic E-state index is -0.501. The lowest BCUT2D eigenvalue weighted by atomic mass is 10.2. The fourth-order valence-electron chi connectivity index (χ4n) is 1.96. The Morgan fingerprint density at radius 3 is 2.27 bits per heavy atom. The van der Waals surface area contributed by atoms with Crippen molar-refractivity contribution in [1.82, 2.24) is 0 Å². The minimum absolute atomic E-state index is 0.00450. The van der Waals surface area contributed by atoms with Crippen LogP contribution in [0.25, 0.3) is 0 Å². The Hall–Kier alpha value is -2.89. The van der Waals surface area contributed by atoms with Gasteiger partial charge in [0.25, 0.3) is 5.69 Å². The summed E-state index contributed by atoms with van der Waals surface area (Å²) >= 11 is 0. The number of nitrogens with zero attached hydrogens (tertiary/aromatic N) is 2. The Bertz CT molecular complexity index is 709. The molecule has 2 aromatic rings. The van der Waals surface area contributed by atoms with Crippen molar-refractivity contribution in [3.05, 3.63) is 63.7 Å². The highest BCUT2D eigenvalue weighted by atomic mass is 16.6. The van der Waals surface area contributed by atoms with Crippen molar-refractivity contribution in [2.45, 2.75) is 6.92 Å². The van der Waals surface area contributed by atoms with Gasteiger partial charge in [0.1, 0.15) is 5.75 Å². The van der Waals surface area contributed by atoms with Gasteiger partial charge in [0.2, 0.25) is 0 Å². The average molecular weight is 300 g/mol. The Balaban J connectivity index is 2.15. The second-order valence-corrected chi connectivity index (χ2v) is 5.04. The molecule has 0 heterocycles. The predicted molar refractivity (Wildman–Crippen MR) is 83.6 cm³/mol. The summed E-state index contributed by atoms with van der Waals surface area (Å²) in [4.78, 5) is 24.3. The maximum atomic E-state index is 12.1. The molecule has 6 heteroatoms. The number of rotatable bonds is 4. The molecule has 0 fully saturated rings. The van der Waals surface area contributed by atoms with Gasteiger partial charge in [0.05, 0.1) is 10.5 Å². The topological polar surface area (TPSA) is 72.7 Å². The molecule has 0 saturated carbocycles. The molecule has 0 unspecified atom stereocenters. The van der Waals surface area contributed by atoms with E-state index in [-0.39, 0.29) is 11.4 Å². The van der Waals surface area contributed by atoms with Crippen molar-refractivity contribution in [3.8, 4) is 5.75 Å². The first-order valence-electron chi connectivity index (χ1n) is 6.63. The molecule has 0 aliphatic rings. The van der Waals surface area contributed by atoms with E-state index in [0.29, 0.717) is 11.1 Å². The van der Waals surface area contributed by atoms with Gasteiger partial charge in [-0.3, -0.25) is 10.1 Å². The quantitative estimate of drug-likeness (QED) is 0.375. The summed E-state index contributed by atoms with van der Waals surface area (Å²) in [6, 6.07) is 11.2. The maximum absolute atomic E-state index is 12.1. The van der Waals surface area contributed by atoms with E-state index in [1.54, 1.807) is 19.1 Å². The highest BCUT2D eigenvalue weighted by Gasteiger charge is 2.13. The van der Waals surface area contributed by atoms with Crippen LogP contribution in [-0.2, 0) is 0 Å². The fraction of sp³-hybridized carbons (Fsp3) is 0.188. The number of aryl methyl sites for hydroxylation is 1. The Morgan fingerprint density at radius 2 is 1.77 bits per heavy atom. The first-order chi connectivity index (χ1) is 10.4. The minimum Gasteiger partial charge on any atom is -0.423 e. The molecule has 0 N–H and O–H groups in total. The van der Waals surface area contributed by atoms with Crippen LogP contribution in [0.1, 0.15) is 15.9 Å². The molecule has 0 amide bonds. The summed E-state index contributed by atoms with van der Waals surface area (Å²) in [6.07, 6.45) is 0. The van der Waals surface area contributed by atoms with Crippen LogP contribution in [0.15, 0.2) is 42.5 Å².